The van der Waals surface area contributed by atoms with Crippen molar-refractivity contribution in [3.63, 3.8) is 0 Å². The summed E-state index contributed by atoms with van der Waals surface area (Å²) < 4.78 is 47.0. The molecule has 3 heterocycles. The number of likely N-dealkylation sites (tertiary alicyclic amines) is 1. The fourth-order valence-electron chi connectivity index (χ4n) is 4.45. The number of hydrogen-bond donors (Lipinski definition) is 0. The molecule has 7 nitrogen and oxygen atoms in total. The van der Waals surface area contributed by atoms with Gasteiger partial charge in [-0.1, -0.05) is 0 Å². The van der Waals surface area contributed by atoms with Gasteiger partial charge >= 0.3 is 6.18 Å². The summed E-state index contributed by atoms with van der Waals surface area (Å²) in [6.45, 7) is 7.23. The van der Waals surface area contributed by atoms with Gasteiger partial charge in [0.05, 0.1) is 11.8 Å². The van der Waals surface area contributed by atoms with E-state index in [0.29, 0.717) is 39.1 Å². The van der Waals surface area contributed by atoms with Gasteiger partial charge in [-0.25, -0.2) is 0 Å². The Bertz CT molecular complexity index is 954. The minimum Gasteiger partial charge on any atom is -0.476 e. The number of ether oxygens (including phenoxy) is 1. The zero-order valence-electron chi connectivity index (χ0n) is 19.0. The fraction of sp³-hybridized carbons (Fsp3) is 0.565. The van der Waals surface area contributed by atoms with E-state index in [1.165, 1.54) is 12.1 Å². The number of rotatable bonds is 6. The van der Waals surface area contributed by atoms with Crippen molar-refractivity contribution >= 4 is 5.91 Å². The van der Waals surface area contributed by atoms with Crippen molar-refractivity contribution in [3.05, 3.63) is 47.8 Å². The Morgan fingerprint density at radius 3 is 2.42 bits per heavy atom. The van der Waals surface area contributed by atoms with Crippen LogP contribution < -0.4 is 4.74 Å². The third-order valence-electron chi connectivity index (χ3n) is 6.40. The van der Waals surface area contributed by atoms with Crippen molar-refractivity contribution in [1.29, 1.82) is 0 Å². The maximum Gasteiger partial charge on any atom is 0.416 e. The van der Waals surface area contributed by atoms with Gasteiger partial charge in [0.15, 0.2) is 0 Å². The van der Waals surface area contributed by atoms with Crippen LogP contribution in [0.1, 0.15) is 24.5 Å². The van der Waals surface area contributed by atoms with Crippen molar-refractivity contribution in [2.24, 2.45) is 0 Å². The van der Waals surface area contributed by atoms with Crippen LogP contribution in [0.5, 0.6) is 5.75 Å². The van der Waals surface area contributed by atoms with Crippen LogP contribution in [0.15, 0.2) is 36.7 Å². The maximum atomic E-state index is 13.7. The Morgan fingerprint density at radius 2 is 1.82 bits per heavy atom. The summed E-state index contributed by atoms with van der Waals surface area (Å²) in [5, 5.41) is 4.31. The molecule has 1 amide bonds. The summed E-state index contributed by atoms with van der Waals surface area (Å²) in [5.41, 5.74) is -0.819. The van der Waals surface area contributed by atoms with E-state index < -0.39 is 17.3 Å². The van der Waals surface area contributed by atoms with E-state index in [9.17, 15) is 18.0 Å². The maximum absolute atomic E-state index is 13.7. The van der Waals surface area contributed by atoms with Crippen molar-refractivity contribution in [1.82, 2.24) is 24.5 Å². The van der Waals surface area contributed by atoms with Crippen molar-refractivity contribution in [2.45, 2.75) is 38.2 Å². The Balaban J connectivity index is 1.54. The van der Waals surface area contributed by atoms with Crippen molar-refractivity contribution in [2.75, 3.05) is 46.3 Å². The highest BCUT2D eigenvalue weighted by Gasteiger charge is 2.49. The molecule has 2 aliphatic rings. The van der Waals surface area contributed by atoms with Crippen LogP contribution in [-0.4, -0.2) is 82.3 Å². The van der Waals surface area contributed by atoms with Crippen LogP contribution in [0.2, 0.25) is 0 Å². The van der Waals surface area contributed by atoms with Gasteiger partial charge in [0, 0.05) is 70.5 Å². The molecule has 1 unspecified atom stereocenters. The number of likely N-dealkylation sites (N-methyl/N-ethyl adjacent to an activating group) is 1. The Morgan fingerprint density at radius 1 is 1.12 bits per heavy atom. The lowest BCUT2D eigenvalue weighted by molar-refractivity contribution is -0.149. The lowest BCUT2D eigenvalue weighted by Crippen LogP contribution is -2.58. The van der Waals surface area contributed by atoms with Crippen LogP contribution in [0.4, 0.5) is 13.2 Å². The van der Waals surface area contributed by atoms with Crippen LogP contribution >= 0.6 is 0 Å². The standard InChI is InChI=1S/C23H30F3N5O2/c1-3-31-16-18(14-27-31)15-29-9-8-22(17-29,21(32)30-12-10-28(2)11-13-30)33-20-6-4-19(5-7-20)23(24,25)26/h4-7,14,16H,3,8-13,15,17H2,1-2H3. The van der Waals surface area contributed by atoms with E-state index in [1.807, 2.05) is 35.9 Å². The molecule has 2 aromatic rings. The largest absolute Gasteiger partial charge is 0.476 e. The second kappa shape index (κ2) is 9.34. The molecule has 1 aromatic carbocycles. The second-order valence-electron chi connectivity index (χ2n) is 8.88. The lowest BCUT2D eigenvalue weighted by Gasteiger charge is -2.38. The summed E-state index contributed by atoms with van der Waals surface area (Å²) in [7, 11) is 2.02. The number of halogens is 3. The highest BCUT2D eigenvalue weighted by molar-refractivity contribution is 5.86. The molecule has 4 rings (SSSR count). The number of hydrogen-bond acceptors (Lipinski definition) is 5. The normalized spacial score (nSPS) is 22.6. The van der Waals surface area contributed by atoms with Gasteiger partial charge in [-0.2, -0.15) is 18.3 Å². The number of piperazine rings is 1. The average molecular weight is 466 g/mol. The van der Waals surface area contributed by atoms with E-state index in [2.05, 4.69) is 14.9 Å². The first-order chi connectivity index (χ1) is 15.7. The van der Waals surface area contributed by atoms with Gasteiger partial charge in [0.25, 0.3) is 5.91 Å². The molecule has 2 saturated heterocycles. The van der Waals surface area contributed by atoms with E-state index >= 15 is 0 Å². The minimum atomic E-state index is -4.42. The average Bonchev–Trinajstić information content (AvgIpc) is 3.41. The molecule has 2 aliphatic heterocycles. The number of carbonyl (C=O) groups is 1. The third-order valence-corrected chi connectivity index (χ3v) is 6.40. The zero-order valence-corrected chi connectivity index (χ0v) is 19.0. The first kappa shape index (κ1) is 23.6. The summed E-state index contributed by atoms with van der Waals surface area (Å²) in [6.07, 6.45) is -0.137. The third kappa shape index (κ3) is 5.33. The molecule has 1 atom stereocenters. The molecule has 0 N–H and O–H groups in total. The topological polar surface area (TPSA) is 53.8 Å². The number of amides is 1. The fourth-order valence-corrected chi connectivity index (χ4v) is 4.45. The number of nitrogens with zero attached hydrogens (tertiary/aromatic N) is 5. The lowest BCUT2D eigenvalue weighted by atomic mass is 10.00. The predicted molar refractivity (Wildman–Crippen MR) is 117 cm³/mol. The smallest absolute Gasteiger partial charge is 0.416 e. The molecule has 33 heavy (non-hydrogen) atoms. The zero-order chi connectivity index (χ0) is 23.6. The van der Waals surface area contributed by atoms with Crippen LogP contribution in [-0.2, 0) is 24.1 Å². The molecule has 0 spiro atoms. The number of aromatic nitrogens is 2. The van der Waals surface area contributed by atoms with E-state index in [4.69, 9.17) is 4.74 Å². The summed E-state index contributed by atoms with van der Waals surface area (Å²) in [6, 6.07) is 4.59. The highest BCUT2D eigenvalue weighted by Crippen LogP contribution is 2.34. The molecule has 1 aromatic heterocycles. The summed E-state index contributed by atoms with van der Waals surface area (Å²) in [4.78, 5) is 19.8. The molecule has 2 fully saturated rings. The van der Waals surface area contributed by atoms with Crippen LogP contribution in [0.25, 0.3) is 0 Å². The van der Waals surface area contributed by atoms with Crippen molar-refractivity contribution in [3.8, 4) is 5.75 Å². The molecular weight excluding hydrogens is 435 g/mol. The second-order valence-corrected chi connectivity index (χ2v) is 8.88. The highest BCUT2D eigenvalue weighted by atomic mass is 19.4. The molecule has 0 saturated carbocycles. The first-order valence-electron chi connectivity index (χ1n) is 11.3. The van der Waals surface area contributed by atoms with E-state index in [0.717, 1.165) is 37.3 Å². The van der Waals surface area contributed by atoms with Gasteiger partial charge in [-0.15, -0.1) is 0 Å². The van der Waals surface area contributed by atoms with Gasteiger partial charge in [0.1, 0.15) is 5.75 Å². The summed E-state index contributed by atoms with van der Waals surface area (Å²) >= 11 is 0. The molecular formula is C23H30F3N5O2. The number of benzene rings is 1. The predicted octanol–water partition coefficient (Wildman–Crippen LogP) is 2.72. The molecule has 0 bridgehead atoms. The number of aryl methyl sites for hydroxylation is 1. The van der Waals surface area contributed by atoms with E-state index in [1.54, 1.807) is 0 Å². The SMILES string of the molecule is CCn1cc(CN2CCC(Oc3ccc(C(F)(F)F)cc3)(C(=O)N3CCN(C)CC3)C2)cn1. The Kier molecular flexibility index (Phi) is 6.67. The van der Waals surface area contributed by atoms with Gasteiger partial charge in [-0.05, 0) is 38.2 Å². The van der Waals surface area contributed by atoms with Crippen LogP contribution in [0, 0.1) is 0 Å². The molecule has 0 radical (unpaired) electrons. The summed E-state index contributed by atoms with van der Waals surface area (Å²) in [5.74, 6) is 0.174. The Labute approximate surface area is 191 Å². The Hall–Kier alpha value is -2.59. The molecule has 180 valence electrons. The van der Waals surface area contributed by atoms with E-state index in [-0.39, 0.29) is 11.7 Å². The van der Waals surface area contributed by atoms with Gasteiger partial charge in [0.2, 0.25) is 5.60 Å². The van der Waals surface area contributed by atoms with Crippen LogP contribution in [0.3, 0.4) is 0 Å². The monoisotopic (exact) mass is 465 g/mol. The van der Waals surface area contributed by atoms with Gasteiger partial charge in [-0.3, -0.25) is 14.4 Å². The minimum absolute atomic E-state index is 0.0951. The van der Waals surface area contributed by atoms with Gasteiger partial charge < -0.3 is 14.5 Å². The number of carbonyl (C=O) groups excluding carboxylic acids is 1. The number of alkyl halides is 3. The van der Waals surface area contributed by atoms with Crippen molar-refractivity contribution < 1.29 is 22.7 Å². The first-order valence-corrected chi connectivity index (χ1v) is 11.3. The molecule has 10 heteroatoms. The quantitative estimate of drug-likeness (QED) is 0.657. The molecule has 0 aliphatic carbocycles.